The van der Waals surface area contributed by atoms with E-state index in [1.807, 2.05) is 42.3 Å². The lowest BCUT2D eigenvalue weighted by Gasteiger charge is -2.11. The highest BCUT2D eigenvalue weighted by Gasteiger charge is 2.07. The number of nitrogens with zero attached hydrogens (tertiary/aromatic N) is 3. The Labute approximate surface area is 113 Å². The summed E-state index contributed by atoms with van der Waals surface area (Å²) < 4.78 is 6.92. The first kappa shape index (κ1) is 13.5. The van der Waals surface area contributed by atoms with Crippen molar-refractivity contribution in [2.75, 3.05) is 7.11 Å². The van der Waals surface area contributed by atoms with Gasteiger partial charge in [-0.1, -0.05) is 6.07 Å². The third-order valence-corrected chi connectivity index (χ3v) is 3.20. The van der Waals surface area contributed by atoms with Crippen LogP contribution in [0.4, 0.5) is 0 Å². The highest BCUT2D eigenvalue weighted by atomic mass is 16.5. The molecule has 0 aliphatic rings. The largest absolute Gasteiger partial charge is 0.481 e. The predicted octanol–water partition coefficient (Wildman–Crippen LogP) is 1.33. The van der Waals surface area contributed by atoms with Crippen molar-refractivity contribution in [3.8, 4) is 5.88 Å². The molecule has 0 fully saturated rings. The number of pyridine rings is 1. The zero-order valence-corrected chi connectivity index (χ0v) is 11.4. The van der Waals surface area contributed by atoms with Crippen molar-refractivity contribution in [3.05, 3.63) is 41.9 Å². The van der Waals surface area contributed by atoms with Crippen LogP contribution in [0, 0.1) is 0 Å². The standard InChI is InChI=1S/C14H20N4O/c1-18-13(7-8-17-18)5-4-12(15)9-11-3-6-14(19-2)16-10-11/h3,6-8,10,12H,4-5,9,15H2,1-2H3. The zero-order chi connectivity index (χ0) is 13.7. The Morgan fingerprint density at radius 2 is 2.21 bits per heavy atom. The quantitative estimate of drug-likeness (QED) is 0.851. The van der Waals surface area contributed by atoms with E-state index >= 15 is 0 Å². The summed E-state index contributed by atoms with van der Waals surface area (Å²) in [7, 11) is 3.57. The molecule has 0 aliphatic carbocycles. The molecule has 0 radical (unpaired) electrons. The van der Waals surface area contributed by atoms with Crippen LogP contribution in [0.2, 0.25) is 0 Å². The van der Waals surface area contributed by atoms with E-state index in [0.717, 1.165) is 24.8 Å². The molecule has 0 aromatic carbocycles. The minimum Gasteiger partial charge on any atom is -0.481 e. The van der Waals surface area contributed by atoms with Crippen molar-refractivity contribution >= 4 is 0 Å². The molecule has 0 spiro atoms. The summed E-state index contributed by atoms with van der Waals surface area (Å²) in [6.45, 7) is 0. The SMILES string of the molecule is COc1ccc(CC(N)CCc2ccnn2C)cn1. The number of aryl methyl sites for hydroxylation is 2. The van der Waals surface area contributed by atoms with Crippen molar-refractivity contribution < 1.29 is 4.74 Å². The van der Waals surface area contributed by atoms with Gasteiger partial charge in [-0.25, -0.2) is 4.98 Å². The number of ether oxygens (including phenoxy) is 1. The van der Waals surface area contributed by atoms with Gasteiger partial charge >= 0.3 is 0 Å². The summed E-state index contributed by atoms with van der Waals surface area (Å²) >= 11 is 0. The van der Waals surface area contributed by atoms with Crippen molar-refractivity contribution in [1.29, 1.82) is 0 Å². The number of nitrogens with two attached hydrogens (primary N) is 1. The van der Waals surface area contributed by atoms with E-state index in [4.69, 9.17) is 10.5 Å². The third-order valence-electron chi connectivity index (χ3n) is 3.20. The summed E-state index contributed by atoms with van der Waals surface area (Å²) in [5, 5.41) is 4.15. The molecule has 2 rings (SSSR count). The van der Waals surface area contributed by atoms with E-state index in [-0.39, 0.29) is 6.04 Å². The lowest BCUT2D eigenvalue weighted by Crippen LogP contribution is -2.24. The maximum absolute atomic E-state index is 6.15. The Kier molecular flexibility index (Phi) is 4.52. The van der Waals surface area contributed by atoms with Crippen LogP contribution in [-0.4, -0.2) is 27.9 Å². The second-order valence-electron chi connectivity index (χ2n) is 4.66. The average Bonchev–Trinajstić information content (AvgIpc) is 2.83. The Balaban J connectivity index is 1.83. The van der Waals surface area contributed by atoms with Gasteiger partial charge < -0.3 is 10.5 Å². The average molecular weight is 260 g/mol. The van der Waals surface area contributed by atoms with Crippen LogP contribution in [0.5, 0.6) is 5.88 Å². The molecule has 0 saturated carbocycles. The molecule has 2 N–H and O–H groups in total. The number of aromatic nitrogens is 3. The molecule has 2 heterocycles. The van der Waals surface area contributed by atoms with E-state index in [2.05, 4.69) is 10.1 Å². The smallest absolute Gasteiger partial charge is 0.212 e. The Bertz CT molecular complexity index is 506. The second kappa shape index (κ2) is 6.33. The van der Waals surface area contributed by atoms with Crippen LogP contribution in [0.25, 0.3) is 0 Å². The minimum atomic E-state index is 0.130. The first-order valence-corrected chi connectivity index (χ1v) is 6.40. The summed E-state index contributed by atoms with van der Waals surface area (Å²) in [6.07, 6.45) is 6.35. The molecule has 1 unspecified atom stereocenters. The van der Waals surface area contributed by atoms with Crippen molar-refractivity contribution in [2.45, 2.75) is 25.3 Å². The molecular formula is C14H20N4O. The Hall–Kier alpha value is -1.88. The van der Waals surface area contributed by atoms with Crippen molar-refractivity contribution in [3.63, 3.8) is 0 Å². The first-order chi connectivity index (χ1) is 9.19. The Morgan fingerprint density at radius 1 is 1.37 bits per heavy atom. The zero-order valence-electron chi connectivity index (χ0n) is 11.4. The van der Waals surface area contributed by atoms with Gasteiger partial charge in [0.25, 0.3) is 0 Å². The molecule has 0 aliphatic heterocycles. The second-order valence-corrected chi connectivity index (χ2v) is 4.66. The van der Waals surface area contributed by atoms with E-state index in [1.165, 1.54) is 5.69 Å². The molecule has 0 saturated heterocycles. The molecule has 0 bridgehead atoms. The fraction of sp³-hybridized carbons (Fsp3) is 0.429. The van der Waals surface area contributed by atoms with Gasteiger partial charge in [0.1, 0.15) is 0 Å². The maximum Gasteiger partial charge on any atom is 0.212 e. The first-order valence-electron chi connectivity index (χ1n) is 6.40. The van der Waals surface area contributed by atoms with Crippen LogP contribution in [0.3, 0.4) is 0 Å². The lowest BCUT2D eigenvalue weighted by molar-refractivity contribution is 0.397. The van der Waals surface area contributed by atoms with Crippen LogP contribution in [-0.2, 0) is 19.9 Å². The monoisotopic (exact) mass is 260 g/mol. The van der Waals surface area contributed by atoms with Gasteiger partial charge in [0.05, 0.1) is 7.11 Å². The van der Waals surface area contributed by atoms with Crippen LogP contribution in [0.1, 0.15) is 17.7 Å². The summed E-state index contributed by atoms with van der Waals surface area (Å²) in [4.78, 5) is 4.18. The fourth-order valence-electron chi connectivity index (χ4n) is 2.04. The molecule has 19 heavy (non-hydrogen) atoms. The van der Waals surface area contributed by atoms with E-state index < -0.39 is 0 Å². The van der Waals surface area contributed by atoms with Gasteiger partial charge in [-0.3, -0.25) is 4.68 Å². The predicted molar refractivity (Wildman–Crippen MR) is 74.0 cm³/mol. The topological polar surface area (TPSA) is 66.0 Å². The summed E-state index contributed by atoms with van der Waals surface area (Å²) in [6, 6.07) is 6.03. The van der Waals surface area contributed by atoms with Gasteiger partial charge in [0.15, 0.2) is 0 Å². The number of hydrogen-bond donors (Lipinski definition) is 1. The number of methoxy groups -OCH3 is 1. The number of hydrogen-bond acceptors (Lipinski definition) is 4. The fourth-order valence-corrected chi connectivity index (χ4v) is 2.04. The molecule has 5 heteroatoms. The molecule has 2 aromatic heterocycles. The molecule has 0 amide bonds. The highest BCUT2D eigenvalue weighted by Crippen LogP contribution is 2.10. The van der Waals surface area contributed by atoms with Crippen LogP contribution >= 0.6 is 0 Å². The van der Waals surface area contributed by atoms with Crippen LogP contribution < -0.4 is 10.5 Å². The van der Waals surface area contributed by atoms with E-state index in [0.29, 0.717) is 5.88 Å². The van der Waals surface area contributed by atoms with E-state index in [1.54, 1.807) is 7.11 Å². The normalized spacial score (nSPS) is 12.4. The maximum atomic E-state index is 6.15. The molecular weight excluding hydrogens is 240 g/mol. The molecule has 102 valence electrons. The van der Waals surface area contributed by atoms with Gasteiger partial charge in [-0.15, -0.1) is 0 Å². The third kappa shape index (κ3) is 3.79. The number of rotatable bonds is 6. The van der Waals surface area contributed by atoms with Crippen molar-refractivity contribution in [2.24, 2.45) is 12.8 Å². The molecule has 1 atom stereocenters. The Morgan fingerprint density at radius 3 is 2.79 bits per heavy atom. The van der Waals surface area contributed by atoms with Gasteiger partial charge in [-0.05, 0) is 30.9 Å². The highest BCUT2D eigenvalue weighted by molar-refractivity contribution is 5.18. The molecule has 2 aromatic rings. The molecule has 5 nitrogen and oxygen atoms in total. The summed E-state index contributed by atoms with van der Waals surface area (Å²) in [5.74, 6) is 0.632. The van der Waals surface area contributed by atoms with Gasteiger partial charge in [-0.2, -0.15) is 5.10 Å². The van der Waals surface area contributed by atoms with Crippen molar-refractivity contribution in [1.82, 2.24) is 14.8 Å². The van der Waals surface area contributed by atoms with E-state index in [9.17, 15) is 0 Å². The summed E-state index contributed by atoms with van der Waals surface area (Å²) in [5.41, 5.74) is 8.50. The lowest BCUT2D eigenvalue weighted by atomic mass is 10.0. The minimum absolute atomic E-state index is 0.130. The van der Waals surface area contributed by atoms with Gasteiger partial charge in [0.2, 0.25) is 5.88 Å². The van der Waals surface area contributed by atoms with Gasteiger partial charge in [0, 0.05) is 37.2 Å². The van der Waals surface area contributed by atoms with Crippen LogP contribution in [0.15, 0.2) is 30.6 Å².